The highest BCUT2D eigenvalue weighted by Crippen LogP contribution is 2.20. The molecule has 3 aromatic heterocycles. The van der Waals surface area contributed by atoms with Gasteiger partial charge in [-0.25, -0.2) is 19.6 Å². The molecule has 0 bridgehead atoms. The Balaban J connectivity index is 1.48. The molecule has 1 fully saturated rings. The third kappa shape index (κ3) is 3.17. The van der Waals surface area contributed by atoms with Crippen LogP contribution in [0.5, 0.6) is 0 Å². The molecular weight excluding hydrogens is 350 g/mol. The molecule has 0 aromatic carbocycles. The van der Waals surface area contributed by atoms with Crippen LogP contribution in [0.15, 0.2) is 30.0 Å². The normalized spacial score (nSPS) is 14.7. The number of anilines is 1. The maximum atomic E-state index is 12.6. The van der Waals surface area contributed by atoms with E-state index in [2.05, 4.69) is 25.0 Å². The monoisotopic (exact) mass is 369 g/mol. The first kappa shape index (κ1) is 16.6. The predicted octanol–water partition coefficient (Wildman–Crippen LogP) is 1.70. The van der Waals surface area contributed by atoms with Gasteiger partial charge in [0.1, 0.15) is 16.5 Å². The van der Waals surface area contributed by atoms with Crippen molar-refractivity contribution in [2.45, 2.75) is 13.8 Å². The third-order valence-corrected chi connectivity index (χ3v) is 5.30. The van der Waals surface area contributed by atoms with E-state index in [0.717, 1.165) is 35.3 Å². The second-order valence-electron chi connectivity index (χ2n) is 6.13. The zero-order valence-corrected chi connectivity index (χ0v) is 15.5. The molecule has 0 unspecified atom stereocenters. The van der Waals surface area contributed by atoms with Gasteiger partial charge in [-0.1, -0.05) is 0 Å². The highest BCUT2D eigenvalue weighted by atomic mass is 32.1. The van der Waals surface area contributed by atoms with Crippen LogP contribution in [0.2, 0.25) is 0 Å². The zero-order valence-electron chi connectivity index (χ0n) is 14.7. The average Bonchev–Trinajstić information content (AvgIpc) is 3.32. The molecule has 0 atom stereocenters. The molecule has 1 aliphatic rings. The van der Waals surface area contributed by atoms with E-state index in [9.17, 15) is 4.79 Å². The van der Waals surface area contributed by atoms with E-state index in [4.69, 9.17) is 0 Å². The minimum Gasteiger partial charge on any atom is -0.353 e. The Morgan fingerprint density at radius 1 is 1.12 bits per heavy atom. The minimum atomic E-state index is 0.0701. The van der Waals surface area contributed by atoms with Crippen molar-refractivity contribution in [2.75, 3.05) is 31.1 Å². The number of aromatic nitrogens is 5. The van der Waals surface area contributed by atoms with Crippen molar-refractivity contribution >= 4 is 23.1 Å². The number of piperazine rings is 1. The number of carbonyl (C=O) groups is 1. The number of aryl methyl sites for hydroxylation is 2. The molecule has 0 N–H and O–H groups in total. The molecule has 1 saturated heterocycles. The minimum absolute atomic E-state index is 0.0701. The smallest absolute Gasteiger partial charge is 0.265 e. The number of hydrogen-bond acceptors (Lipinski definition) is 7. The van der Waals surface area contributed by atoms with Gasteiger partial charge < -0.3 is 9.80 Å². The summed E-state index contributed by atoms with van der Waals surface area (Å²) in [5.74, 6) is 2.38. The fourth-order valence-corrected chi connectivity index (χ4v) is 3.78. The van der Waals surface area contributed by atoms with Crippen molar-refractivity contribution in [3.8, 4) is 5.82 Å². The Bertz CT molecular complexity index is 913. The summed E-state index contributed by atoms with van der Waals surface area (Å²) in [5, 5.41) is 4.24. The topological polar surface area (TPSA) is 80.0 Å². The summed E-state index contributed by atoms with van der Waals surface area (Å²) in [7, 11) is 0. The number of amides is 1. The quantitative estimate of drug-likeness (QED) is 0.699. The second kappa shape index (κ2) is 6.83. The fraction of sp³-hybridized carbons (Fsp3) is 0.353. The molecule has 0 saturated carbocycles. The van der Waals surface area contributed by atoms with E-state index in [1.165, 1.54) is 11.3 Å². The SMILES string of the molecule is Cc1nc(N2CCN(C(=O)c3scnc3C)CC2)cc(-n2cccn2)n1. The van der Waals surface area contributed by atoms with Gasteiger partial charge in [0.15, 0.2) is 5.82 Å². The van der Waals surface area contributed by atoms with Gasteiger partial charge >= 0.3 is 0 Å². The Hall–Kier alpha value is -2.81. The summed E-state index contributed by atoms with van der Waals surface area (Å²) in [4.78, 5) is 30.6. The van der Waals surface area contributed by atoms with Gasteiger partial charge in [-0.2, -0.15) is 5.10 Å². The van der Waals surface area contributed by atoms with Crippen molar-refractivity contribution in [1.29, 1.82) is 0 Å². The first-order valence-corrected chi connectivity index (χ1v) is 9.30. The van der Waals surface area contributed by atoms with E-state index < -0.39 is 0 Å². The standard InChI is InChI=1S/C17H19N7OS/c1-12-16(26-11-18-12)17(25)23-8-6-22(7-9-23)14-10-15(21-13(2)20-14)24-5-3-4-19-24/h3-5,10-11H,6-9H2,1-2H3. The van der Waals surface area contributed by atoms with Crippen LogP contribution in [0.4, 0.5) is 5.82 Å². The Morgan fingerprint density at radius 2 is 1.88 bits per heavy atom. The van der Waals surface area contributed by atoms with Crippen molar-refractivity contribution in [2.24, 2.45) is 0 Å². The van der Waals surface area contributed by atoms with Crippen molar-refractivity contribution in [1.82, 2.24) is 29.6 Å². The number of hydrogen-bond donors (Lipinski definition) is 0. The van der Waals surface area contributed by atoms with E-state index in [1.807, 2.05) is 37.1 Å². The molecular formula is C17H19N7OS. The molecule has 0 spiro atoms. The van der Waals surface area contributed by atoms with Gasteiger partial charge in [-0.3, -0.25) is 4.79 Å². The lowest BCUT2D eigenvalue weighted by Crippen LogP contribution is -2.49. The van der Waals surface area contributed by atoms with Crippen LogP contribution in [0.3, 0.4) is 0 Å². The fourth-order valence-electron chi connectivity index (χ4n) is 3.01. The molecule has 0 aliphatic carbocycles. The number of carbonyl (C=O) groups excluding carboxylic acids is 1. The Morgan fingerprint density at radius 3 is 2.54 bits per heavy atom. The van der Waals surface area contributed by atoms with E-state index >= 15 is 0 Å². The van der Waals surface area contributed by atoms with Gasteiger partial charge in [0.25, 0.3) is 5.91 Å². The summed E-state index contributed by atoms with van der Waals surface area (Å²) >= 11 is 1.40. The Labute approximate surface area is 155 Å². The van der Waals surface area contributed by atoms with Crippen molar-refractivity contribution in [3.05, 3.63) is 46.4 Å². The summed E-state index contributed by atoms with van der Waals surface area (Å²) < 4.78 is 1.73. The summed E-state index contributed by atoms with van der Waals surface area (Å²) in [6.45, 7) is 6.55. The zero-order chi connectivity index (χ0) is 18.1. The largest absolute Gasteiger partial charge is 0.353 e. The summed E-state index contributed by atoms with van der Waals surface area (Å²) in [6.07, 6.45) is 3.59. The highest BCUT2D eigenvalue weighted by Gasteiger charge is 2.25. The lowest BCUT2D eigenvalue weighted by atomic mass is 10.2. The van der Waals surface area contributed by atoms with Crippen LogP contribution in [-0.2, 0) is 0 Å². The predicted molar refractivity (Wildman–Crippen MR) is 98.9 cm³/mol. The average molecular weight is 369 g/mol. The molecule has 134 valence electrons. The first-order chi connectivity index (χ1) is 12.6. The Kier molecular flexibility index (Phi) is 4.37. The first-order valence-electron chi connectivity index (χ1n) is 8.42. The molecule has 26 heavy (non-hydrogen) atoms. The molecule has 1 aliphatic heterocycles. The molecule has 8 nitrogen and oxygen atoms in total. The van der Waals surface area contributed by atoms with Crippen LogP contribution in [0.25, 0.3) is 5.82 Å². The summed E-state index contributed by atoms with van der Waals surface area (Å²) in [6, 6.07) is 3.80. The van der Waals surface area contributed by atoms with Gasteiger partial charge in [0.2, 0.25) is 0 Å². The maximum absolute atomic E-state index is 12.6. The van der Waals surface area contributed by atoms with E-state index in [-0.39, 0.29) is 5.91 Å². The number of thiazole rings is 1. The lowest BCUT2D eigenvalue weighted by molar-refractivity contribution is 0.0750. The molecule has 3 aromatic rings. The van der Waals surface area contributed by atoms with Crippen LogP contribution >= 0.6 is 11.3 Å². The molecule has 4 heterocycles. The van der Waals surface area contributed by atoms with E-state index in [1.54, 1.807) is 16.4 Å². The van der Waals surface area contributed by atoms with E-state index in [0.29, 0.717) is 18.9 Å². The van der Waals surface area contributed by atoms with Gasteiger partial charge in [-0.15, -0.1) is 11.3 Å². The van der Waals surface area contributed by atoms with Gasteiger partial charge in [-0.05, 0) is 19.9 Å². The van der Waals surface area contributed by atoms with Crippen molar-refractivity contribution in [3.63, 3.8) is 0 Å². The number of nitrogens with zero attached hydrogens (tertiary/aromatic N) is 7. The van der Waals surface area contributed by atoms with Crippen LogP contribution in [-0.4, -0.2) is 61.7 Å². The molecule has 0 radical (unpaired) electrons. The maximum Gasteiger partial charge on any atom is 0.265 e. The summed E-state index contributed by atoms with van der Waals surface area (Å²) in [5.41, 5.74) is 2.52. The van der Waals surface area contributed by atoms with Gasteiger partial charge in [0, 0.05) is 44.6 Å². The lowest BCUT2D eigenvalue weighted by Gasteiger charge is -2.35. The van der Waals surface area contributed by atoms with Crippen molar-refractivity contribution < 1.29 is 4.79 Å². The third-order valence-electron chi connectivity index (χ3n) is 4.38. The van der Waals surface area contributed by atoms with Crippen LogP contribution in [0.1, 0.15) is 21.2 Å². The second-order valence-corrected chi connectivity index (χ2v) is 6.98. The molecule has 9 heteroatoms. The van der Waals surface area contributed by atoms with Crippen LogP contribution < -0.4 is 4.90 Å². The number of rotatable bonds is 3. The van der Waals surface area contributed by atoms with Crippen LogP contribution in [0, 0.1) is 13.8 Å². The molecule has 1 amide bonds. The van der Waals surface area contributed by atoms with Gasteiger partial charge in [0.05, 0.1) is 11.2 Å². The highest BCUT2D eigenvalue weighted by molar-refractivity contribution is 7.11. The molecule has 4 rings (SSSR count).